The van der Waals surface area contributed by atoms with E-state index in [0.717, 1.165) is 5.56 Å². The molecule has 116 valence electrons. The number of amides is 2. The van der Waals surface area contributed by atoms with Crippen molar-refractivity contribution in [1.29, 1.82) is 0 Å². The van der Waals surface area contributed by atoms with Crippen LogP contribution in [-0.4, -0.2) is 41.3 Å². The standard InChI is InChI=1S/C16H19N3O3/c1-3-18-15(20)10-19(4-2)16(21)13-7-5-12(6-8-13)14-9-17-11-22-14/h5-9,11H,3-4,10H2,1-2H3,(H,18,20). The minimum atomic E-state index is -0.169. The summed E-state index contributed by atoms with van der Waals surface area (Å²) in [7, 11) is 0. The van der Waals surface area contributed by atoms with Gasteiger partial charge in [0.15, 0.2) is 12.2 Å². The minimum Gasteiger partial charge on any atom is -0.444 e. The zero-order valence-corrected chi connectivity index (χ0v) is 12.7. The number of likely N-dealkylation sites (N-methyl/N-ethyl adjacent to an activating group) is 2. The minimum absolute atomic E-state index is 0.0625. The highest BCUT2D eigenvalue weighted by Gasteiger charge is 2.17. The van der Waals surface area contributed by atoms with E-state index in [1.54, 1.807) is 30.5 Å². The van der Waals surface area contributed by atoms with Gasteiger partial charge in [0.1, 0.15) is 0 Å². The van der Waals surface area contributed by atoms with Crippen molar-refractivity contribution in [3.8, 4) is 11.3 Å². The molecular formula is C16H19N3O3. The third-order valence-electron chi connectivity index (χ3n) is 3.23. The molecule has 0 unspecified atom stereocenters. The van der Waals surface area contributed by atoms with Crippen molar-refractivity contribution < 1.29 is 14.0 Å². The van der Waals surface area contributed by atoms with Crippen LogP contribution >= 0.6 is 0 Å². The number of aromatic nitrogens is 1. The summed E-state index contributed by atoms with van der Waals surface area (Å²) >= 11 is 0. The lowest BCUT2D eigenvalue weighted by Gasteiger charge is -2.20. The molecule has 6 heteroatoms. The fourth-order valence-corrected chi connectivity index (χ4v) is 2.07. The fourth-order valence-electron chi connectivity index (χ4n) is 2.07. The van der Waals surface area contributed by atoms with Gasteiger partial charge in [0, 0.05) is 24.2 Å². The molecule has 0 atom stereocenters. The second-order valence-corrected chi connectivity index (χ2v) is 4.72. The number of hydrogen-bond acceptors (Lipinski definition) is 4. The van der Waals surface area contributed by atoms with E-state index in [4.69, 9.17) is 4.42 Å². The van der Waals surface area contributed by atoms with Gasteiger partial charge in [-0.15, -0.1) is 0 Å². The van der Waals surface area contributed by atoms with Gasteiger partial charge in [-0.3, -0.25) is 9.59 Å². The molecule has 1 N–H and O–H groups in total. The maximum atomic E-state index is 12.4. The van der Waals surface area contributed by atoms with Crippen LogP contribution in [0.5, 0.6) is 0 Å². The average molecular weight is 301 g/mol. The predicted molar refractivity (Wildman–Crippen MR) is 82.2 cm³/mol. The highest BCUT2D eigenvalue weighted by molar-refractivity contribution is 5.96. The van der Waals surface area contributed by atoms with Gasteiger partial charge in [0.2, 0.25) is 5.91 Å². The molecule has 0 aliphatic rings. The summed E-state index contributed by atoms with van der Waals surface area (Å²) < 4.78 is 5.21. The molecule has 1 heterocycles. The number of carbonyl (C=O) groups excluding carboxylic acids is 2. The van der Waals surface area contributed by atoms with E-state index in [1.165, 1.54) is 11.3 Å². The van der Waals surface area contributed by atoms with E-state index in [0.29, 0.717) is 24.4 Å². The Bertz CT molecular complexity index is 621. The molecule has 0 aliphatic carbocycles. The quantitative estimate of drug-likeness (QED) is 0.884. The number of benzene rings is 1. The van der Waals surface area contributed by atoms with Gasteiger partial charge in [0.25, 0.3) is 5.91 Å². The van der Waals surface area contributed by atoms with Gasteiger partial charge in [-0.2, -0.15) is 0 Å². The Labute approximate surface area is 129 Å². The molecule has 0 aliphatic heterocycles. The van der Waals surface area contributed by atoms with Crippen molar-refractivity contribution in [1.82, 2.24) is 15.2 Å². The lowest BCUT2D eigenvalue weighted by atomic mass is 10.1. The molecule has 6 nitrogen and oxygen atoms in total. The van der Waals surface area contributed by atoms with E-state index in [2.05, 4.69) is 10.3 Å². The Kier molecular flexibility index (Phi) is 5.30. The molecule has 0 spiro atoms. The highest BCUT2D eigenvalue weighted by atomic mass is 16.3. The second kappa shape index (κ2) is 7.40. The van der Waals surface area contributed by atoms with Crippen LogP contribution in [-0.2, 0) is 4.79 Å². The van der Waals surface area contributed by atoms with Crippen molar-refractivity contribution >= 4 is 11.8 Å². The maximum absolute atomic E-state index is 12.4. The summed E-state index contributed by atoms with van der Waals surface area (Å²) in [6.07, 6.45) is 2.98. The summed E-state index contributed by atoms with van der Waals surface area (Å²) in [6.45, 7) is 4.78. The SMILES string of the molecule is CCNC(=O)CN(CC)C(=O)c1ccc(-c2cnco2)cc1. The monoisotopic (exact) mass is 301 g/mol. The third-order valence-corrected chi connectivity index (χ3v) is 3.23. The van der Waals surface area contributed by atoms with Crippen molar-refractivity contribution in [3.63, 3.8) is 0 Å². The van der Waals surface area contributed by atoms with Gasteiger partial charge < -0.3 is 14.6 Å². The topological polar surface area (TPSA) is 75.4 Å². The first-order valence-corrected chi connectivity index (χ1v) is 7.20. The first-order chi connectivity index (χ1) is 10.7. The van der Waals surface area contributed by atoms with Crippen molar-refractivity contribution in [2.75, 3.05) is 19.6 Å². The van der Waals surface area contributed by atoms with Crippen LogP contribution in [0.3, 0.4) is 0 Å². The van der Waals surface area contributed by atoms with Crippen LogP contribution in [0.1, 0.15) is 24.2 Å². The van der Waals surface area contributed by atoms with Gasteiger partial charge in [-0.1, -0.05) is 12.1 Å². The van der Waals surface area contributed by atoms with Crippen molar-refractivity contribution in [3.05, 3.63) is 42.4 Å². The van der Waals surface area contributed by atoms with Crippen LogP contribution in [0, 0.1) is 0 Å². The van der Waals surface area contributed by atoms with Gasteiger partial charge in [0.05, 0.1) is 12.7 Å². The van der Waals surface area contributed by atoms with Crippen LogP contribution < -0.4 is 5.32 Å². The van der Waals surface area contributed by atoms with Crippen molar-refractivity contribution in [2.24, 2.45) is 0 Å². The average Bonchev–Trinajstić information content (AvgIpc) is 3.07. The maximum Gasteiger partial charge on any atom is 0.254 e. The molecule has 2 amide bonds. The first kappa shape index (κ1) is 15.8. The lowest BCUT2D eigenvalue weighted by Crippen LogP contribution is -2.40. The van der Waals surface area contributed by atoms with Crippen molar-refractivity contribution in [2.45, 2.75) is 13.8 Å². The Morgan fingerprint density at radius 3 is 2.50 bits per heavy atom. The van der Waals surface area contributed by atoms with Gasteiger partial charge >= 0.3 is 0 Å². The van der Waals surface area contributed by atoms with Crippen LogP contribution in [0.15, 0.2) is 41.3 Å². The van der Waals surface area contributed by atoms with Crippen LogP contribution in [0.2, 0.25) is 0 Å². The van der Waals surface area contributed by atoms with E-state index < -0.39 is 0 Å². The number of hydrogen-bond donors (Lipinski definition) is 1. The zero-order chi connectivity index (χ0) is 15.9. The normalized spacial score (nSPS) is 10.3. The number of nitrogens with zero attached hydrogens (tertiary/aromatic N) is 2. The van der Waals surface area contributed by atoms with E-state index in [1.807, 2.05) is 13.8 Å². The summed E-state index contributed by atoms with van der Waals surface area (Å²) in [6, 6.07) is 7.04. The summed E-state index contributed by atoms with van der Waals surface area (Å²) in [4.78, 5) is 29.4. The Morgan fingerprint density at radius 1 is 1.23 bits per heavy atom. The summed E-state index contributed by atoms with van der Waals surface area (Å²) in [5, 5.41) is 2.69. The number of rotatable bonds is 6. The van der Waals surface area contributed by atoms with E-state index >= 15 is 0 Å². The molecule has 2 rings (SSSR count). The largest absolute Gasteiger partial charge is 0.444 e. The molecule has 0 radical (unpaired) electrons. The molecule has 0 saturated heterocycles. The van der Waals surface area contributed by atoms with E-state index in [-0.39, 0.29) is 18.4 Å². The number of carbonyl (C=O) groups is 2. The molecule has 1 aromatic carbocycles. The Morgan fingerprint density at radius 2 is 1.95 bits per heavy atom. The Hall–Kier alpha value is -2.63. The molecular weight excluding hydrogens is 282 g/mol. The molecule has 0 fully saturated rings. The number of nitrogens with one attached hydrogen (secondary N) is 1. The number of oxazole rings is 1. The van der Waals surface area contributed by atoms with Gasteiger partial charge in [-0.05, 0) is 26.0 Å². The van der Waals surface area contributed by atoms with E-state index in [9.17, 15) is 9.59 Å². The smallest absolute Gasteiger partial charge is 0.254 e. The lowest BCUT2D eigenvalue weighted by molar-refractivity contribution is -0.121. The molecule has 2 aromatic rings. The van der Waals surface area contributed by atoms with Crippen LogP contribution in [0.25, 0.3) is 11.3 Å². The van der Waals surface area contributed by atoms with Crippen LogP contribution in [0.4, 0.5) is 0 Å². The zero-order valence-electron chi connectivity index (χ0n) is 12.7. The molecule has 0 saturated carbocycles. The first-order valence-electron chi connectivity index (χ1n) is 7.20. The fraction of sp³-hybridized carbons (Fsp3) is 0.312. The van der Waals surface area contributed by atoms with Gasteiger partial charge in [-0.25, -0.2) is 4.98 Å². The Balaban J connectivity index is 2.09. The summed E-state index contributed by atoms with van der Waals surface area (Å²) in [5.41, 5.74) is 1.38. The highest BCUT2D eigenvalue weighted by Crippen LogP contribution is 2.19. The predicted octanol–water partition coefficient (Wildman–Crippen LogP) is 1.94. The second-order valence-electron chi connectivity index (χ2n) is 4.72. The molecule has 1 aromatic heterocycles. The third kappa shape index (κ3) is 3.72. The summed E-state index contributed by atoms with van der Waals surface area (Å²) in [5.74, 6) is 0.322. The molecule has 22 heavy (non-hydrogen) atoms. The molecule has 0 bridgehead atoms.